The number of likely N-dealkylation sites (tertiary alicyclic amines) is 1. The monoisotopic (exact) mass is 395 g/mol. The minimum Gasteiger partial charge on any atom is -0.463 e. The zero-order chi connectivity index (χ0) is 20.4. The number of fused-ring (bicyclic) bond motifs is 1. The summed E-state index contributed by atoms with van der Waals surface area (Å²) in [5.41, 5.74) is 2.19. The van der Waals surface area contributed by atoms with E-state index in [1.807, 2.05) is 30.3 Å². The van der Waals surface area contributed by atoms with Gasteiger partial charge in [0.25, 0.3) is 5.91 Å². The third kappa shape index (κ3) is 3.91. The van der Waals surface area contributed by atoms with Crippen LogP contribution in [0.4, 0.5) is 4.79 Å². The van der Waals surface area contributed by atoms with E-state index in [0.717, 1.165) is 18.4 Å². The van der Waals surface area contributed by atoms with Gasteiger partial charge in [-0.2, -0.15) is 0 Å². The van der Waals surface area contributed by atoms with Crippen molar-refractivity contribution in [3.05, 3.63) is 60.0 Å². The highest BCUT2D eigenvalue weighted by Gasteiger charge is 2.29. The first kappa shape index (κ1) is 19.3. The van der Waals surface area contributed by atoms with Crippen LogP contribution in [0.25, 0.3) is 11.1 Å². The van der Waals surface area contributed by atoms with Crippen molar-refractivity contribution in [2.24, 2.45) is 0 Å². The first-order chi connectivity index (χ1) is 14.0. The number of rotatable bonds is 4. The molecule has 0 spiro atoms. The van der Waals surface area contributed by atoms with E-state index in [-0.39, 0.29) is 18.2 Å². The Morgan fingerprint density at radius 2 is 1.86 bits per heavy atom. The predicted molar refractivity (Wildman–Crippen MR) is 109 cm³/mol. The first-order valence-corrected chi connectivity index (χ1v) is 9.80. The zero-order valence-corrected chi connectivity index (χ0v) is 16.7. The molecule has 1 aromatic carbocycles. The lowest BCUT2D eigenvalue weighted by molar-refractivity contribution is 0.0649. The minimum atomic E-state index is -0.586. The van der Waals surface area contributed by atoms with Crippen LogP contribution in [0.2, 0.25) is 0 Å². The Hall–Kier alpha value is -3.06. The van der Waals surface area contributed by atoms with Gasteiger partial charge in [-0.1, -0.05) is 30.3 Å². The smallest absolute Gasteiger partial charge is 0.419 e. The lowest BCUT2D eigenvalue weighted by Gasteiger charge is -2.35. The topological polar surface area (TPSA) is 67.9 Å². The van der Waals surface area contributed by atoms with E-state index in [4.69, 9.17) is 9.15 Å². The summed E-state index contributed by atoms with van der Waals surface area (Å²) in [5.74, 6) is -0.176. The maximum atomic E-state index is 13.2. The van der Waals surface area contributed by atoms with Crippen LogP contribution in [-0.2, 0) is 11.3 Å². The molecule has 3 aromatic rings. The van der Waals surface area contributed by atoms with Crippen LogP contribution in [0.15, 0.2) is 53.1 Å². The van der Waals surface area contributed by atoms with E-state index in [2.05, 4.69) is 19.0 Å². The molecule has 0 atom stereocenters. The van der Waals surface area contributed by atoms with Gasteiger partial charge in [-0.05, 0) is 32.5 Å². The zero-order valence-electron chi connectivity index (χ0n) is 16.7. The number of carbonyl (C=O) groups excluding carboxylic acids is 2. The summed E-state index contributed by atoms with van der Waals surface area (Å²) >= 11 is 0. The van der Waals surface area contributed by atoms with Gasteiger partial charge in [-0.25, -0.2) is 9.36 Å². The van der Waals surface area contributed by atoms with Crippen LogP contribution in [0, 0.1) is 0 Å². The normalized spacial score (nSPS) is 15.2. The van der Waals surface area contributed by atoms with Gasteiger partial charge in [0.05, 0.1) is 11.8 Å². The molecule has 1 aliphatic heterocycles. The van der Waals surface area contributed by atoms with Crippen LogP contribution < -0.4 is 0 Å². The number of hydrogen-bond acceptors (Lipinski definition) is 5. The van der Waals surface area contributed by atoms with Crippen molar-refractivity contribution >= 4 is 23.1 Å². The second-order valence-electron chi connectivity index (χ2n) is 7.56. The summed E-state index contributed by atoms with van der Waals surface area (Å²) in [4.78, 5) is 30.0. The van der Waals surface area contributed by atoms with Crippen molar-refractivity contribution in [3.8, 4) is 0 Å². The van der Waals surface area contributed by atoms with Crippen LogP contribution >= 0.6 is 0 Å². The maximum Gasteiger partial charge on any atom is 0.419 e. The number of amides is 1. The molecule has 0 saturated carbocycles. The SMILES string of the molecule is CN(C)C1CCN(C(=O)c2cc3occc3n2C(=O)OCc2ccccc2)CC1. The molecule has 7 heteroatoms. The second kappa shape index (κ2) is 8.13. The average Bonchev–Trinajstić information content (AvgIpc) is 3.33. The number of hydrogen-bond donors (Lipinski definition) is 0. The molecular weight excluding hydrogens is 370 g/mol. The molecule has 7 nitrogen and oxygen atoms in total. The highest BCUT2D eigenvalue weighted by Crippen LogP contribution is 2.24. The highest BCUT2D eigenvalue weighted by molar-refractivity contribution is 6.02. The summed E-state index contributed by atoms with van der Waals surface area (Å²) < 4.78 is 12.2. The Bertz CT molecular complexity index is 998. The van der Waals surface area contributed by atoms with Crippen molar-refractivity contribution in [3.63, 3.8) is 0 Å². The van der Waals surface area contributed by atoms with Gasteiger partial charge >= 0.3 is 6.09 Å². The molecule has 0 radical (unpaired) electrons. The fraction of sp³-hybridized carbons (Fsp3) is 0.364. The fourth-order valence-electron chi connectivity index (χ4n) is 3.81. The average molecular weight is 395 g/mol. The molecule has 4 rings (SSSR count). The number of piperidine rings is 1. The molecular formula is C22H25N3O4. The van der Waals surface area contributed by atoms with Gasteiger partial charge in [0.2, 0.25) is 0 Å². The molecule has 152 valence electrons. The molecule has 1 fully saturated rings. The van der Waals surface area contributed by atoms with E-state index < -0.39 is 6.09 Å². The standard InChI is InChI=1S/C22H25N3O4/c1-23(2)17-8-11-24(12-9-17)21(26)19-14-20-18(10-13-28-20)25(19)22(27)29-15-16-6-4-3-5-7-16/h3-7,10,13-14,17H,8-9,11-12,15H2,1-2H3. The predicted octanol–water partition coefficient (Wildman–Crippen LogP) is 3.59. The number of benzene rings is 1. The fourth-order valence-corrected chi connectivity index (χ4v) is 3.81. The molecule has 0 N–H and O–H groups in total. The Balaban J connectivity index is 1.55. The Morgan fingerprint density at radius 1 is 1.14 bits per heavy atom. The molecule has 2 aromatic heterocycles. The largest absolute Gasteiger partial charge is 0.463 e. The van der Waals surface area contributed by atoms with Crippen LogP contribution in [0.3, 0.4) is 0 Å². The van der Waals surface area contributed by atoms with Gasteiger partial charge in [0.15, 0.2) is 5.58 Å². The minimum absolute atomic E-state index is 0.138. The highest BCUT2D eigenvalue weighted by atomic mass is 16.5. The molecule has 1 aliphatic rings. The third-order valence-electron chi connectivity index (χ3n) is 5.51. The van der Waals surface area contributed by atoms with Gasteiger partial charge in [0, 0.05) is 31.3 Å². The molecule has 0 bridgehead atoms. The first-order valence-electron chi connectivity index (χ1n) is 9.80. The van der Waals surface area contributed by atoms with Crippen LogP contribution in [0.5, 0.6) is 0 Å². The summed E-state index contributed by atoms with van der Waals surface area (Å²) in [6.07, 6.45) is 2.74. The summed E-state index contributed by atoms with van der Waals surface area (Å²) in [5, 5.41) is 0. The van der Waals surface area contributed by atoms with E-state index in [9.17, 15) is 9.59 Å². The molecule has 1 amide bonds. The Morgan fingerprint density at radius 3 is 2.55 bits per heavy atom. The molecule has 3 heterocycles. The quantitative estimate of drug-likeness (QED) is 0.675. The summed E-state index contributed by atoms with van der Waals surface area (Å²) in [7, 11) is 4.12. The Labute approximate surface area is 169 Å². The van der Waals surface area contributed by atoms with Gasteiger partial charge in [-0.15, -0.1) is 0 Å². The van der Waals surface area contributed by atoms with Crippen molar-refractivity contribution in [2.45, 2.75) is 25.5 Å². The molecule has 0 unspecified atom stereocenters. The lowest BCUT2D eigenvalue weighted by atomic mass is 10.0. The van der Waals surface area contributed by atoms with Crippen LogP contribution in [-0.4, -0.2) is 59.6 Å². The van der Waals surface area contributed by atoms with E-state index in [0.29, 0.717) is 30.2 Å². The van der Waals surface area contributed by atoms with Crippen molar-refractivity contribution < 1.29 is 18.7 Å². The maximum absolute atomic E-state index is 13.2. The van der Waals surface area contributed by atoms with Crippen molar-refractivity contribution in [1.82, 2.24) is 14.4 Å². The van der Waals surface area contributed by atoms with Gasteiger partial charge in [0.1, 0.15) is 12.3 Å². The van der Waals surface area contributed by atoms with Crippen molar-refractivity contribution in [1.29, 1.82) is 0 Å². The van der Waals surface area contributed by atoms with E-state index in [1.165, 1.54) is 10.8 Å². The lowest BCUT2D eigenvalue weighted by Crippen LogP contribution is -2.45. The molecule has 1 saturated heterocycles. The second-order valence-corrected chi connectivity index (χ2v) is 7.56. The third-order valence-corrected chi connectivity index (χ3v) is 5.51. The molecule has 0 aliphatic carbocycles. The van der Waals surface area contributed by atoms with Crippen molar-refractivity contribution in [2.75, 3.05) is 27.2 Å². The number of furan rings is 1. The number of carbonyl (C=O) groups is 2. The number of aromatic nitrogens is 1. The summed E-state index contributed by atoms with van der Waals surface area (Å²) in [6.45, 7) is 1.46. The van der Waals surface area contributed by atoms with Crippen LogP contribution in [0.1, 0.15) is 28.9 Å². The van der Waals surface area contributed by atoms with Gasteiger partial charge < -0.3 is 19.0 Å². The Kier molecular flexibility index (Phi) is 5.40. The van der Waals surface area contributed by atoms with E-state index in [1.54, 1.807) is 17.0 Å². The van der Waals surface area contributed by atoms with Gasteiger partial charge in [-0.3, -0.25) is 4.79 Å². The molecule has 29 heavy (non-hydrogen) atoms. The van der Waals surface area contributed by atoms with E-state index >= 15 is 0 Å². The number of nitrogens with zero attached hydrogens (tertiary/aromatic N) is 3. The number of ether oxygens (including phenoxy) is 1. The summed E-state index contributed by atoms with van der Waals surface area (Å²) in [6, 6.07) is 13.2.